The van der Waals surface area contributed by atoms with Gasteiger partial charge in [0, 0.05) is 0 Å². The molecule has 156 valence electrons. The summed E-state index contributed by atoms with van der Waals surface area (Å²) >= 11 is 0. The molecule has 3 nitrogen and oxygen atoms in total. The number of aromatic hydroxyl groups is 2. The molecule has 0 heterocycles. The van der Waals surface area contributed by atoms with Gasteiger partial charge in [0.1, 0.15) is 0 Å². The van der Waals surface area contributed by atoms with Crippen LogP contribution in [0.3, 0.4) is 0 Å². The number of phenols is 2. The lowest BCUT2D eigenvalue weighted by Crippen LogP contribution is -2.01. The average Bonchev–Trinajstić information content (AvgIpc) is 2.67. The molecular weight excluding hydrogens is 336 g/mol. The topological polar surface area (TPSA) is 49.7 Å². The van der Waals surface area contributed by atoms with E-state index in [4.69, 9.17) is 4.74 Å². The Bertz CT molecular complexity index is 485. The van der Waals surface area contributed by atoms with Crippen molar-refractivity contribution in [2.24, 2.45) is 0 Å². The predicted octanol–water partition coefficient (Wildman–Crippen LogP) is 7.52. The summed E-state index contributed by atoms with van der Waals surface area (Å²) in [6, 6.07) is 3.47. The van der Waals surface area contributed by atoms with E-state index in [1.54, 1.807) is 6.07 Å². The molecule has 0 aliphatic rings. The number of rotatable bonds is 17. The Hall–Kier alpha value is -1.38. The standard InChI is InChI=1S/C24H42O3/c1-3-5-7-9-11-13-15-17-21-18-19-22(25)23(26)24(21)27-20-16-14-12-10-8-6-4-2/h18-19,25-26H,3-17,20H2,1-2H3. The SMILES string of the molecule is CCCCCCCCCOc1c(CCCCCCCCC)ccc(O)c1O. The zero-order valence-corrected chi connectivity index (χ0v) is 17.8. The van der Waals surface area contributed by atoms with E-state index in [2.05, 4.69) is 13.8 Å². The van der Waals surface area contributed by atoms with Crippen molar-refractivity contribution in [3.63, 3.8) is 0 Å². The lowest BCUT2D eigenvalue weighted by molar-refractivity contribution is 0.280. The first kappa shape index (κ1) is 23.7. The summed E-state index contributed by atoms with van der Waals surface area (Å²) in [6.07, 6.45) is 18.4. The minimum absolute atomic E-state index is 0.0899. The van der Waals surface area contributed by atoms with Gasteiger partial charge in [0.15, 0.2) is 11.5 Å². The van der Waals surface area contributed by atoms with Crippen molar-refractivity contribution in [3.8, 4) is 17.2 Å². The van der Waals surface area contributed by atoms with Crippen LogP contribution in [-0.4, -0.2) is 16.8 Å². The minimum Gasteiger partial charge on any atom is -0.504 e. The van der Waals surface area contributed by atoms with Crippen molar-refractivity contribution < 1.29 is 14.9 Å². The Morgan fingerprint density at radius 2 is 1.19 bits per heavy atom. The van der Waals surface area contributed by atoms with Crippen LogP contribution < -0.4 is 4.74 Å². The number of phenolic OH excluding ortho intramolecular Hbond substituents is 2. The van der Waals surface area contributed by atoms with Gasteiger partial charge in [0.05, 0.1) is 6.61 Å². The Balaban J connectivity index is 2.33. The van der Waals surface area contributed by atoms with Crippen LogP contribution in [0.4, 0.5) is 0 Å². The fourth-order valence-corrected chi connectivity index (χ4v) is 3.47. The molecule has 0 spiro atoms. The van der Waals surface area contributed by atoms with Gasteiger partial charge < -0.3 is 14.9 Å². The van der Waals surface area contributed by atoms with Gasteiger partial charge in [-0.15, -0.1) is 0 Å². The van der Waals surface area contributed by atoms with Crippen LogP contribution in [0, 0.1) is 0 Å². The van der Waals surface area contributed by atoms with E-state index in [9.17, 15) is 10.2 Å². The summed E-state index contributed by atoms with van der Waals surface area (Å²) in [6.45, 7) is 5.08. The summed E-state index contributed by atoms with van der Waals surface area (Å²) in [5.41, 5.74) is 1.02. The number of ether oxygens (including phenoxy) is 1. The second-order valence-corrected chi connectivity index (χ2v) is 7.76. The molecule has 1 rings (SSSR count). The van der Waals surface area contributed by atoms with Crippen molar-refractivity contribution >= 4 is 0 Å². The van der Waals surface area contributed by atoms with Crippen LogP contribution in [0.1, 0.15) is 109 Å². The van der Waals surface area contributed by atoms with Crippen LogP contribution in [0.25, 0.3) is 0 Å². The van der Waals surface area contributed by atoms with Gasteiger partial charge >= 0.3 is 0 Å². The highest BCUT2D eigenvalue weighted by molar-refractivity contribution is 5.54. The van der Waals surface area contributed by atoms with Crippen LogP contribution >= 0.6 is 0 Å². The Morgan fingerprint density at radius 3 is 1.78 bits per heavy atom. The zero-order chi connectivity index (χ0) is 19.7. The van der Waals surface area contributed by atoms with Gasteiger partial charge in [-0.3, -0.25) is 0 Å². The molecule has 0 aromatic heterocycles. The van der Waals surface area contributed by atoms with E-state index in [1.807, 2.05) is 6.07 Å². The number of hydrogen-bond donors (Lipinski definition) is 2. The number of aryl methyl sites for hydroxylation is 1. The van der Waals surface area contributed by atoms with E-state index in [0.717, 1.165) is 31.2 Å². The first-order valence-corrected chi connectivity index (χ1v) is 11.4. The predicted molar refractivity (Wildman–Crippen MR) is 115 cm³/mol. The molecule has 0 aliphatic carbocycles. The van der Waals surface area contributed by atoms with Crippen molar-refractivity contribution in [2.45, 2.75) is 110 Å². The average molecular weight is 379 g/mol. The molecule has 0 amide bonds. The van der Waals surface area contributed by atoms with Gasteiger partial charge in [0.2, 0.25) is 5.75 Å². The fraction of sp³-hybridized carbons (Fsp3) is 0.750. The third kappa shape index (κ3) is 10.5. The van der Waals surface area contributed by atoms with Crippen molar-refractivity contribution in [2.75, 3.05) is 6.61 Å². The molecule has 0 atom stereocenters. The molecule has 0 bridgehead atoms. The van der Waals surface area contributed by atoms with Crippen LogP contribution in [-0.2, 0) is 6.42 Å². The second kappa shape index (κ2) is 15.7. The highest BCUT2D eigenvalue weighted by atomic mass is 16.5. The summed E-state index contributed by atoms with van der Waals surface area (Å²) < 4.78 is 5.88. The molecular formula is C24H42O3. The summed E-state index contributed by atoms with van der Waals surface area (Å²) in [7, 11) is 0. The molecule has 0 saturated heterocycles. The van der Waals surface area contributed by atoms with E-state index < -0.39 is 0 Å². The smallest absolute Gasteiger partial charge is 0.200 e. The second-order valence-electron chi connectivity index (χ2n) is 7.76. The lowest BCUT2D eigenvalue weighted by Gasteiger charge is -2.14. The molecule has 0 saturated carbocycles. The summed E-state index contributed by atoms with van der Waals surface area (Å²) in [5.74, 6) is 0.304. The molecule has 0 aliphatic heterocycles. The van der Waals surface area contributed by atoms with E-state index >= 15 is 0 Å². The number of benzene rings is 1. The fourth-order valence-electron chi connectivity index (χ4n) is 3.47. The van der Waals surface area contributed by atoms with Crippen LogP contribution in [0.2, 0.25) is 0 Å². The molecule has 1 aromatic rings. The minimum atomic E-state index is -0.0987. The van der Waals surface area contributed by atoms with Gasteiger partial charge in [0.25, 0.3) is 0 Å². The third-order valence-corrected chi connectivity index (χ3v) is 5.24. The van der Waals surface area contributed by atoms with Crippen molar-refractivity contribution in [1.29, 1.82) is 0 Å². The zero-order valence-electron chi connectivity index (χ0n) is 17.8. The van der Waals surface area contributed by atoms with Gasteiger partial charge in [-0.25, -0.2) is 0 Å². The maximum Gasteiger partial charge on any atom is 0.200 e. The molecule has 1 aromatic carbocycles. The van der Waals surface area contributed by atoms with Gasteiger partial charge in [-0.2, -0.15) is 0 Å². The maximum atomic E-state index is 10.2. The van der Waals surface area contributed by atoms with Crippen LogP contribution in [0.5, 0.6) is 17.2 Å². The van der Waals surface area contributed by atoms with E-state index in [-0.39, 0.29) is 11.5 Å². The number of unbranched alkanes of at least 4 members (excludes halogenated alkanes) is 12. The first-order chi connectivity index (χ1) is 13.2. The first-order valence-electron chi connectivity index (χ1n) is 11.4. The number of hydrogen-bond acceptors (Lipinski definition) is 3. The Morgan fingerprint density at radius 1 is 0.667 bits per heavy atom. The lowest BCUT2D eigenvalue weighted by atomic mass is 10.0. The largest absolute Gasteiger partial charge is 0.504 e. The van der Waals surface area contributed by atoms with Crippen molar-refractivity contribution in [3.05, 3.63) is 17.7 Å². The maximum absolute atomic E-state index is 10.2. The highest BCUT2D eigenvalue weighted by Gasteiger charge is 2.13. The molecule has 27 heavy (non-hydrogen) atoms. The van der Waals surface area contributed by atoms with Crippen molar-refractivity contribution in [1.82, 2.24) is 0 Å². The van der Waals surface area contributed by atoms with Gasteiger partial charge in [-0.1, -0.05) is 97.0 Å². The molecule has 0 fully saturated rings. The summed E-state index contributed by atoms with van der Waals surface area (Å²) in [4.78, 5) is 0. The molecule has 3 heteroatoms. The van der Waals surface area contributed by atoms with E-state index in [0.29, 0.717) is 12.4 Å². The molecule has 2 N–H and O–H groups in total. The molecule has 0 unspecified atom stereocenters. The molecule has 0 radical (unpaired) electrons. The highest BCUT2D eigenvalue weighted by Crippen LogP contribution is 2.39. The van der Waals surface area contributed by atoms with E-state index in [1.165, 1.54) is 70.6 Å². The third-order valence-electron chi connectivity index (χ3n) is 5.24. The quantitative estimate of drug-likeness (QED) is 0.218. The Kier molecular flexibility index (Phi) is 13.7. The normalized spacial score (nSPS) is 11.0. The van der Waals surface area contributed by atoms with Crippen LogP contribution in [0.15, 0.2) is 12.1 Å². The summed E-state index contributed by atoms with van der Waals surface area (Å²) in [5, 5.41) is 20.0. The monoisotopic (exact) mass is 378 g/mol. The van der Waals surface area contributed by atoms with Gasteiger partial charge in [-0.05, 0) is 30.9 Å². The Labute approximate surface area is 167 Å².